The van der Waals surface area contributed by atoms with Gasteiger partial charge >= 0.3 is 6.09 Å². The lowest BCUT2D eigenvalue weighted by atomic mass is 10.1. The first-order valence-electron chi connectivity index (χ1n) is 13.1. The van der Waals surface area contributed by atoms with Crippen LogP contribution >= 0.6 is 0 Å². The van der Waals surface area contributed by atoms with E-state index < -0.39 is 6.09 Å². The van der Waals surface area contributed by atoms with Crippen molar-refractivity contribution in [1.29, 1.82) is 0 Å². The van der Waals surface area contributed by atoms with Crippen LogP contribution in [0.3, 0.4) is 0 Å². The first-order chi connectivity index (χ1) is 19.1. The fraction of sp³-hybridized carbons (Fsp3) is 0.370. The number of imidazole rings is 1. The molecule has 2 aliphatic heterocycles. The van der Waals surface area contributed by atoms with E-state index >= 15 is 0 Å². The van der Waals surface area contributed by atoms with Crippen LogP contribution in [0.4, 0.5) is 16.3 Å². The van der Waals surface area contributed by atoms with Crippen LogP contribution in [0.5, 0.6) is 5.75 Å². The van der Waals surface area contributed by atoms with E-state index in [4.69, 9.17) is 9.84 Å². The van der Waals surface area contributed by atoms with Crippen molar-refractivity contribution in [3.8, 4) is 5.75 Å². The maximum absolute atomic E-state index is 12.3. The number of nitrogens with zero attached hydrogens (tertiary/aromatic N) is 6. The minimum atomic E-state index is -1.19. The number of carbonyl (C=O) groups is 2. The fourth-order valence-electron chi connectivity index (χ4n) is 5.47. The van der Waals surface area contributed by atoms with Crippen molar-refractivity contribution < 1.29 is 19.4 Å². The zero-order chi connectivity index (χ0) is 26.8. The third kappa shape index (κ3) is 5.09. The molecule has 39 heavy (non-hydrogen) atoms. The molecular weight excluding hydrogens is 500 g/mol. The highest BCUT2D eigenvalue weighted by molar-refractivity contribution is 5.91. The summed E-state index contributed by atoms with van der Waals surface area (Å²) in [5, 5.41) is 13.0. The van der Waals surface area contributed by atoms with Gasteiger partial charge in [-0.3, -0.25) is 4.79 Å². The molecule has 2 aromatic heterocycles. The van der Waals surface area contributed by atoms with Gasteiger partial charge in [-0.25, -0.2) is 19.7 Å². The molecule has 0 saturated carbocycles. The predicted octanol–water partition coefficient (Wildman–Crippen LogP) is 2.47. The minimum Gasteiger partial charge on any atom is -0.491 e. The van der Waals surface area contributed by atoms with Gasteiger partial charge in [-0.2, -0.15) is 0 Å². The number of aromatic nitrogens is 4. The van der Waals surface area contributed by atoms with E-state index in [2.05, 4.69) is 59.3 Å². The Morgan fingerprint density at radius 3 is 2.79 bits per heavy atom. The summed E-state index contributed by atoms with van der Waals surface area (Å²) in [4.78, 5) is 45.4. The Balaban J connectivity index is 1.14. The molecule has 4 aromatic rings. The van der Waals surface area contributed by atoms with Crippen LogP contribution in [-0.2, 0) is 4.79 Å². The molecule has 2 amide bonds. The smallest absolute Gasteiger partial charge is 0.405 e. The number of rotatable bonds is 7. The van der Waals surface area contributed by atoms with E-state index in [9.17, 15) is 9.59 Å². The van der Waals surface area contributed by atoms with Crippen LogP contribution in [0.2, 0.25) is 0 Å². The number of hydrogen-bond acceptors (Lipinski definition) is 8. The maximum atomic E-state index is 12.3. The van der Waals surface area contributed by atoms with E-state index in [0.717, 1.165) is 58.6 Å². The molecule has 0 spiro atoms. The van der Waals surface area contributed by atoms with Crippen molar-refractivity contribution in [1.82, 2.24) is 30.2 Å². The van der Waals surface area contributed by atoms with Gasteiger partial charge in [0.05, 0.1) is 12.4 Å². The van der Waals surface area contributed by atoms with Crippen LogP contribution in [0.1, 0.15) is 12.8 Å². The molecule has 0 radical (unpaired) electrons. The van der Waals surface area contributed by atoms with Crippen molar-refractivity contribution in [2.75, 3.05) is 55.7 Å². The van der Waals surface area contributed by atoms with Gasteiger partial charge in [0.2, 0.25) is 5.91 Å². The summed E-state index contributed by atoms with van der Waals surface area (Å²) in [7, 11) is 0. The molecule has 0 bridgehead atoms. The lowest BCUT2D eigenvalue weighted by molar-refractivity contribution is -0.130. The topological polar surface area (TPSA) is 140 Å². The van der Waals surface area contributed by atoms with Crippen LogP contribution in [0.25, 0.3) is 21.9 Å². The summed E-state index contributed by atoms with van der Waals surface area (Å²) in [6, 6.07) is 12.6. The number of aromatic amines is 1. The Kier molecular flexibility index (Phi) is 6.74. The summed E-state index contributed by atoms with van der Waals surface area (Å²) in [6.45, 7) is 3.66. The summed E-state index contributed by atoms with van der Waals surface area (Å²) < 4.78 is 6.45. The Morgan fingerprint density at radius 1 is 1.08 bits per heavy atom. The number of anilines is 2. The first kappa shape index (κ1) is 24.7. The van der Waals surface area contributed by atoms with Gasteiger partial charge in [-0.1, -0.05) is 18.2 Å². The Hall–Kier alpha value is -4.61. The molecule has 6 rings (SSSR count). The highest BCUT2D eigenvalue weighted by atomic mass is 16.5. The molecule has 3 N–H and O–H groups in total. The number of carbonyl (C=O) groups excluding carboxylic acids is 1. The van der Waals surface area contributed by atoms with Crippen molar-refractivity contribution in [2.24, 2.45) is 0 Å². The molecule has 2 aliphatic rings. The minimum absolute atomic E-state index is 0.180. The van der Waals surface area contributed by atoms with E-state index in [1.54, 1.807) is 17.6 Å². The van der Waals surface area contributed by atoms with Crippen LogP contribution in [0.15, 0.2) is 49.1 Å². The van der Waals surface area contributed by atoms with E-state index in [-0.39, 0.29) is 18.5 Å². The number of piperazine rings is 1. The number of fused-ring (bicyclic) bond motifs is 2. The van der Waals surface area contributed by atoms with Crippen LogP contribution in [-0.4, -0.2) is 93.9 Å². The largest absolute Gasteiger partial charge is 0.491 e. The summed E-state index contributed by atoms with van der Waals surface area (Å²) in [5.74, 6) is 1.47. The number of ether oxygens (including phenoxy) is 1. The number of nitrogens with one attached hydrogen (secondary N) is 2. The Labute approximate surface area is 224 Å². The molecule has 0 unspecified atom stereocenters. The van der Waals surface area contributed by atoms with Crippen molar-refractivity contribution in [2.45, 2.75) is 18.9 Å². The summed E-state index contributed by atoms with van der Waals surface area (Å²) in [5.41, 5.74) is 2.58. The zero-order valence-corrected chi connectivity index (χ0v) is 21.4. The highest BCUT2D eigenvalue weighted by Crippen LogP contribution is 2.32. The van der Waals surface area contributed by atoms with E-state index in [0.29, 0.717) is 32.8 Å². The quantitative estimate of drug-likeness (QED) is 0.329. The fourth-order valence-corrected chi connectivity index (χ4v) is 5.47. The Morgan fingerprint density at radius 2 is 1.95 bits per heavy atom. The molecule has 4 heterocycles. The SMILES string of the molecule is O=C(O)NCC(=O)N1CCN(c2ccc3cccc(OC[C@H]4CCCN4c4ncnc5[nH]cnc45)c3c2)CC1. The van der Waals surface area contributed by atoms with Gasteiger partial charge in [-0.05, 0) is 36.4 Å². The monoisotopic (exact) mass is 530 g/mol. The molecule has 2 saturated heterocycles. The second-order valence-electron chi connectivity index (χ2n) is 9.79. The average molecular weight is 531 g/mol. The van der Waals surface area contributed by atoms with Gasteiger partial charge in [0.25, 0.3) is 0 Å². The Bertz CT molecular complexity index is 1500. The third-order valence-electron chi connectivity index (χ3n) is 7.49. The lowest BCUT2D eigenvalue weighted by Crippen LogP contribution is -2.51. The zero-order valence-electron chi connectivity index (χ0n) is 21.4. The summed E-state index contributed by atoms with van der Waals surface area (Å²) >= 11 is 0. The molecule has 0 aliphatic carbocycles. The number of H-pyrrole nitrogens is 1. The van der Waals surface area contributed by atoms with Crippen molar-refractivity contribution in [3.05, 3.63) is 49.1 Å². The predicted molar refractivity (Wildman–Crippen MR) is 146 cm³/mol. The molecule has 2 aromatic carbocycles. The number of amides is 2. The van der Waals surface area contributed by atoms with E-state index in [1.807, 2.05) is 12.1 Å². The second kappa shape index (κ2) is 10.6. The van der Waals surface area contributed by atoms with E-state index in [1.165, 1.54) is 0 Å². The number of hydrogen-bond donors (Lipinski definition) is 3. The van der Waals surface area contributed by atoms with Crippen molar-refractivity contribution >= 4 is 45.4 Å². The standard InChI is InChI=1S/C27H30N8O4/c36-23(14-28-27(37)38)34-11-9-33(10-12-34)19-7-6-18-3-1-5-22(21(18)13-19)39-15-20-4-2-8-35(20)26-24-25(30-16-29-24)31-17-32-26/h1,3,5-7,13,16-17,20,28H,2,4,8-12,14-15H2,(H,37,38)(H,29,30,31,32)/t20-/m1/s1. The number of carboxylic acid groups (broad SMARTS) is 1. The molecular formula is C27H30N8O4. The normalized spacial score (nSPS) is 17.6. The summed E-state index contributed by atoms with van der Waals surface area (Å²) in [6.07, 6.45) is 4.09. The lowest BCUT2D eigenvalue weighted by Gasteiger charge is -2.36. The average Bonchev–Trinajstić information content (AvgIpc) is 3.64. The molecule has 1 atom stereocenters. The highest BCUT2D eigenvalue weighted by Gasteiger charge is 2.29. The first-order valence-corrected chi connectivity index (χ1v) is 13.1. The molecule has 12 nitrogen and oxygen atoms in total. The molecule has 12 heteroatoms. The van der Waals surface area contributed by atoms with Crippen LogP contribution < -0.4 is 19.9 Å². The molecule has 202 valence electrons. The van der Waals surface area contributed by atoms with Gasteiger partial charge in [-0.15, -0.1) is 0 Å². The van der Waals surface area contributed by atoms with Gasteiger partial charge in [0, 0.05) is 43.8 Å². The van der Waals surface area contributed by atoms with Crippen molar-refractivity contribution in [3.63, 3.8) is 0 Å². The van der Waals surface area contributed by atoms with Gasteiger partial charge in [0.1, 0.15) is 30.7 Å². The second-order valence-corrected chi connectivity index (χ2v) is 9.79. The number of benzene rings is 2. The molecule has 2 fully saturated rings. The van der Waals surface area contributed by atoms with Crippen LogP contribution in [0, 0.1) is 0 Å². The van der Waals surface area contributed by atoms with Gasteiger partial charge in [0.15, 0.2) is 11.5 Å². The maximum Gasteiger partial charge on any atom is 0.405 e. The third-order valence-corrected chi connectivity index (χ3v) is 7.49. The van der Waals surface area contributed by atoms with Gasteiger partial charge < -0.3 is 34.8 Å².